The number of rotatable bonds is 24. The molecule has 2 aromatic rings. The summed E-state index contributed by atoms with van der Waals surface area (Å²) in [6.07, 6.45) is 6.71. The maximum Gasteiger partial charge on any atom is 0.426 e. The molecule has 1 saturated heterocycles. The van der Waals surface area contributed by atoms with Crippen molar-refractivity contribution in [1.29, 1.82) is 0 Å². The number of phenolic OH excluding ortho intramolecular Hbond substituents is 1. The summed E-state index contributed by atoms with van der Waals surface area (Å²) in [4.78, 5) is 87.0. The summed E-state index contributed by atoms with van der Waals surface area (Å²) < 4.78 is 10.6. The number of amides is 5. The smallest absolute Gasteiger partial charge is 0.426 e. The lowest BCUT2D eigenvalue weighted by Gasteiger charge is -2.36. The van der Waals surface area contributed by atoms with Gasteiger partial charge in [0.05, 0.1) is 11.0 Å². The van der Waals surface area contributed by atoms with Crippen LogP contribution in [0, 0.1) is 11.8 Å². The van der Waals surface area contributed by atoms with Gasteiger partial charge in [0, 0.05) is 42.0 Å². The van der Waals surface area contributed by atoms with Crippen LogP contribution in [0.3, 0.4) is 0 Å². The summed E-state index contributed by atoms with van der Waals surface area (Å²) in [6.45, 7) is 10.1. The molecular weight excluding hydrogens is 843 g/mol. The van der Waals surface area contributed by atoms with Crippen molar-refractivity contribution in [2.75, 3.05) is 38.9 Å². The summed E-state index contributed by atoms with van der Waals surface area (Å²) in [5.74, 6) is -1.93. The quantitative estimate of drug-likeness (QED) is 0.0292. The maximum atomic E-state index is 14.3. The topological polar surface area (TPSA) is 209 Å². The number of esters is 1. The van der Waals surface area contributed by atoms with Crippen LogP contribution in [0.1, 0.15) is 107 Å². The van der Waals surface area contributed by atoms with Crippen molar-refractivity contribution in [3.05, 3.63) is 45.9 Å². The van der Waals surface area contributed by atoms with E-state index in [9.17, 15) is 33.9 Å². The Morgan fingerprint density at radius 3 is 2.44 bits per heavy atom. The summed E-state index contributed by atoms with van der Waals surface area (Å²) >= 11 is 1.30. The molecule has 0 bridgehead atoms. The molecule has 61 heavy (non-hydrogen) atoms. The van der Waals surface area contributed by atoms with E-state index >= 15 is 0 Å². The highest BCUT2D eigenvalue weighted by atomic mass is 33.1. The van der Waals surface area contributed by atoms with Crippen LogP contribution in [-0.4, -0.2) is 119 Å². The highest BCUT2D eigenvalue weighted by Gasteiger charge is 2.36. The number of likely N-dealkylation sites (N-methyl/N-ethyl adjacent to an activating group) is 1. The zero-order valence-electron chi connectivity index (χ0n) is 36.5. The SMILES string of the molecule is CCCC(=O)OCN(C(=O)[C@@H](NC(=O)[C@H]1CCCCN1C)C(C)CC)[C@@H](C)CCc1nc(C(=O)N[C@@H](Cc2ccc(O)cc2)C[C@H](C)C(=O)NNC(=O)OCCSSC)cs1. The van der Waals surface area contributed by atoms with E-state index in [2.05, 4.69) is 26.5 Å². The first kappa shape index (κ1) is 51.3. The van der Waals surface area contributed by atoms with E-state index < -0.39 is 47.9 Å². The number of aromatic nitrogens is 1. The molecule has 16 nitrogen and oxygen atoms in total. The van der Waals surface area contributed by atoms with E-state index in [0.29, 0.717) is 42.9 Å². The Balaban J connectivity index is 1.70. The molecule has 0 aliphatic carbocycles. The minimum absolute atomic E-state index is 0.0983. The second-order valence-electron chi connectivity index (χ2n) is 15.5. The molecule has 0 radical (unpaired) electrons. The Morgan fingerprint density at radius 1 is 1.03 bits per heavy atom. The first-order valence-corrected chi connectivity index (χ1v) is 24.7. The van der Waals surface area contributed by atoms with Gasteiger partial charge in [-0.05, 0) is 88.9 Å². The zero-order valence-corrected chi connectivity index (χ0v) is 39.0. The van der Waals surface area contributed by atoms with Crippen LogP contribution in [0.5, 0.6) is 5.75 Å². The molecule has 6 atom stereocenters. The van der Waals surface area contributed by atoms with Crippen molar-refractivity contribution in [2.24, 2.45) is 11.8 Å². The molecule has 1 unspecified atom stereocenters. The van der Waals surface area contributed by atoms with E-state index in [1.54, 1.807) is 58.2 Å². The standard InChI is InChI=1S/C42H65N7O9S3/c1-8-12-36(51)58-26-49(41(55)37(27(3)9-2)45-40(54)34-13-10-11-20-48(34)6)29(5)14-19-35-44-33(25-60-35)39(53)43-31(24-30-15-17-32(50)18-16-30)23-28(4)38(52)46-47-42(56)57-21-22-61-59-7/h15-18,25,27-29,31,34,37,50H,8-14,19-24,26H2,1-7H3,(H,43,53)(H,45,54)(H,46,52)(H,47,56)/t27?,28-,29-,31+,34+,37-/m0/s1. The summed E-state index contributed by atoms with van der Waals surface area (Å²) in [5, 5.41) is 18.2. The van der Waals surface area contributed by atoms with E-state index in [1.165, 1.54) is 16.2 Å². The van der Waals surface area contributed by atoms with Gasteiger partial charge < -0.3 is 30.1 Å². The third-order valence-corrected chi connectivity index (χ3v) is 13.4. The second-order valence-corrected chi connectivity index (χ2v) is 19.1. The van der Waals surface area contributed by atoms with Crippen LogP contribution in [0.15, 0.2) is 29.6 Å². The number of likely N-dealkylation sites (tertiary alicyclic amines) is 1. The lowest BCUT2D eigenvalue weighted by molar-refractivity contribution is -0.157. The van der Waals surface area contributed by atoms with Gasteiger partial charge in [-0.3, -0.25) is 34.3 Å². The first-order valence-electron chi connectivity index (χ1n) is 21.0. The third kappa shape index (κ3) is 17.7. The van der Waals surface area contributed by atoms with Crippen LogP contribution in [0.25, 0.3) is 0 Å². The minimum Gasteiger partial charge on any atom is -0.508 e. The number of thiazole rings is 1. The van der Waals surface area contributed by atoms with Gasteiger partial charge in [-0.2, -0.15) is 0 Å². The molecule has 19 heteroatoms. The van der Waals surface area contributed by atoms with Crippen LogP contribution >= 0.6 is 32.9 Å². The molecule has 2 heterocycles. The molecule has 3 rings (SSSR count). The molecular formula is C42H65N7O9S3. The number of hydrogen-bond acceptors (Lipinski definition) is 14. The van der Waals surface area contributed by atoms with E-state index in [-0.39, 0.29) is 61.4 Å². The lowest BCUT2D eigenvalue weighted by Crippen LogP contribution is -2.58. The zero-order chi connectivity index (χ0) is 44.9. The van der Waals surface area contributed by atoms with Gasteiger partial charge in [0.15, 0.2) is 6.73 Å². The van der Waals surface area contributed by atoms with Gasteiger partial charge >= 0.3 is 12.1 Å². The summed E-state index contributed by atoms with van der Waals surface area (Å²) in [5.41, 5.74) is 5.66. The van der Waals surface area contributed by atoms with Crippen molar-refractivity contribution >= 4 is 68.6 Å². The fourth-order valence-electron chi connectivity index (χ4n) is 6.79. The highest BCUT2D eigenvalue weighted by molar-refractivity contribution is 8.76. The Kier molecular flexibility index (Phi) is 22.8. The fraction of sp³-hybridized carbons (Fsp3) is 0.643. The summed E-state index contributed by atoms with van der Waals surface area (Å²) in [7, 11) is 5.02. The number of nitrogens with one attached hydrogen (secondary N) is 4. The Bertz CT molecular complexity index is 1720. The molecule has 1 fully saturated rings. The number of phenols is 1. The van der Waals surface area contributed by atoms with Crippen LogP contribution in [0.2, 0.25) is 0 Å². The van der Waals surface area contributed by atoms with Gasteiger partial charge in [-0.15, -0.1) is 11.3 Å². The lowest BCUT2D eigenvalue weighted by atomic mass is 9.95. The highest BCUT2D eigenvalue weighted by Crippen LogP contribution is 2.22. The number of aromatic hydroxyl groups is 1. The predicted octanol–water partition coefficient (Wildman–Crippen LogP) is 5.45. The number of hydrazine groups is 1. The van der Waals surface area contributed by atoms with Gasteiger partial charge in [-0.25, -0.2) is 15.2 Å². The van der Waals surface area contributed by atoms with Gasteiger partial charge in [-0.1, -0.05) is 74.3 Å². The monoisotopic (exact) mass is 907 g/mol. The fourth-order valence-corrected chi connectivity index (χ4v) is 8.60. The number of aryl methyl sites for hydroxylation is 1. The first-order chi connectivity index (χ1) is 29.2. The summed E-state index contributed by atoms with van der Waals surface area (Å²) in [6, 6.07) is 4.50. The van der Waals surface area contributed by atoms with Crippen LogP contribution in [-0.2, 0) is 41.5 Å². The third-order valence-electron chi connectivity index (χ3n) is 10.7. The van der Waals surface area contributed by atoms with Crippen molar-refractivity contribution in [3.63, 3.8) is 0 Å². The largest absolute Gasteiger partial charge is 0.508 e. The predicted molar refractivity (Wildman–Crippen MR) is 240 cm³/mol. The van der Waals surface area contributed by atoms with Crippen molar-refractivity contribution < 1.29 is 43.3 Å². The number of hydrogen-bond donors (Lipinski definition) is 5. The van der Waals surface area contributed by atoms with Gasteiger partial charge in [0.1, 0.15) is 24.1 Å². The average Bonchev–Trinajstić information content (AvgIpc) is 3.72. The van der Waals surface area contributed by atoms with Gasteiger partial charge in [0.2, 0.25) is 17.7 Å². The normalized spacial score (nSPS) is 16.5. The van der Waals surface area contributed by atoms with Crippen LogP contribution < -0.4 is 21.5 Å². The molecule has 5 N–H and O–H groups in total. The van der Waals surface area contributed by atoms with Crippen LogP contribution in [0.4, 0.5) is 4.79 Å². The maximum absolute atomic E-state index is 14.3. The molecule has 0 spiro atoms. The van der Waals surface area contributed by atoms with Crippen molar-refractivity contribution in [2.45, 2.75) is 123 Å². The van der Waals surface area contributed by atoms with Crippen molar-refractivity contribution in [3.8, 4) is 5.75 Å². The molecule has 1 aromatic heterocycles. The number of carbonyl (C=O) groups is 6. The van der Waals surface area contributed by atoms with E-state index in [4.69, 9.17) is 9.47 Å². The van der Waals surface area contributed by atoms with Crippen molar-refractivity contribution in [1.82, 2.24) is 36.3 Å². The van der Waals surface area contributed by atoms with E-state index in [0.717, 1.165) is 31.4 Å². The Morgan fingerprint density at radius 2 is 1.77 bits per heavy atom. The molecule has 340 valence electrons. The molecule has 1 aliphatic rings. The molecule has 0 saturated carbocycles. The molecule has 5 amide bonds. The minimum atomic E-state index is -0.815. The molecule has 1 aliphatic heterocycles. The Labute approximate surface area is 372 Å². The molecule has 1 aromatic carbocycles. The number of carbonyl (C=O) groups excluding carboxylic acids is 6. The average molecular weight is 908 g/mol. The second kappa shape index (κ2) is 27.1. The number of benzene rings is 1. The van der Waals surface area contributed by atoms with Gasteiger partial charge in [0.25, 0.3) is 5.91 Å². The van der Waals surface area contributed by atoms with E-state index in [1.807, 2.05) is 45.9 Å². The number of nitrogens with zero attached hydrogens (tertiary/aromatic N) is 3. The number of piperidine rings is 1. The number of ether oxygens (including phenoxy) is 2. The Hall–Kier alpha value is -4.07.